The molecule has 12 heteroatoms. The Balaban J connectivity index is 1.83. The Morgan fingerprint density at radius 1 is 1.07 bits per heavy atom. The van der Waals surface area contributed by atoms with Gasteiger partial charge < -0.3 is 5.32 Å². The van der Waals surface area contributed by atoms with Crippen LogP contribution in [0.15, 0.2) is 53.3 Å². The third kappa shape index (κ3) is 4.79. The number of nitrogens with zero attached hydrogens (tertiary/aromatic N) is 3. The molecule has 3 N–H and O–H groups in total. The van der Waals surface area contributed by atoms with Gasteiger partial charge in [0.05, 0.1) is 10.6 Å². The van der Waals surface area contributed by atoms with Crippen LogP contribution in [0.3, 0.4) is 0 Å². The van der Waals surface area contributed by atoms with Crippen molar-refractivity contribution >= 4 is 44.8 Å². The molecular weight excluding hydrogens is 454 g/mol. The summed E-state index contributed by atoms with van der Waals surface area (Å²) in [5.41, 5.74) is 4.07. The molecule has 0 saturated heterocycles. The van der Waals surface area contributed by atoms with Crippen LogP contribution in [-0.4, -0.2) is 20.8 Å². The van der Waals surface area contributed by atoms with Gasteiger partial charge in [-0.3, -0.25) is 25.8 Å². The average Bonchev–Trinajstić information content (AvgIpc) is 2.68. The van der Waals surface area contributed by atoms with Crippen molar-refractivity contribution in [2.75, 3.05) is 10.7 Å². The normalized spacial score (nSPS) is 10.3. The van der Waals surface area contributed by atoms with Crippen LogP contribution < -0.4 is 16.2 Å². The second-order valence-electron chi connectivity index (χ2n) is 5.51. The van der Waals surface area contributed by atoms with E-state index in [2.05, 4.69) is 42.1 Å². The van der Waals surface area contributed by atoms with Gasteiger partial charge in [-0.05, 0) is 36.4 Å². The molecule has 1 amide bonds. The quantitative estimate of drug-likeness (QED) is 0.373. The van der Waals surface area contributed by atoms with Crippen LogP contribution in [-0.2, 0) is 0 Å². The van der Waals surface area contributed by atoms with Crippen molar-refractivity contribution in [2.24, 2.45) is 0 Å². The number of hydrogen-bond donors (Lipinski definition) is 3. The van der Waals surface area contributed by atoms with Crippen molar-refractivity contribution in [3.63, 3.8) is 0 Å². The Morgan fingerprint density at radius 2 is 1.76 bits per heavy atom. The second-order valence-corrected chi connectivity index (χ2v) is 6.43. The van der Waals surface area contributed by atoms with E-state index in [-0.39, 0.29) is 17.3 Å². The highest BCUT2D eigenvalue weighted by Crippen LogP contribution is 2.31. The van der Waals surface area contributed by atoms with E-state index in [1.807, 2.05) is 0 Å². The van der Waals surface area contributed by atoms with Crippen molar-refractivity contribution in [3.8, 4) is 0 Å². The molecule has 3 aromatic rings. The summed E-state index contributed by atoms with van der Waals surface area (Å²) in [4.78, 5) is 30.3. The highest BCUT2D eigenvalue weighted by molar-refractivity contribution is 9.10. The Kier molecular flexibility index (Phi) is 5.93. The number of carbonyl (C=O) groups is 1. The smallest absolute Gasteiger partial charge is 0.332 e. The highest BCUT2D eigenvalue weighted by Gasteiger charge is 2.24. The zero-order chi connectivity index (χ0) is 21.0. The predicted octanol–water partition coefficient (Wildman–Crippen LogP) is 3.93. The van der Waals surface area contributed by atoms with E-state index in [1.165, 1.54) is 0 Å². The van der Waals surface area contributed by atoms with Gasteiger partial charge in [-0.25, -0.2) is 18.7 Å². The molecule has 0 spiro atoms. The number of anilines is 3. The second kappa shape index (κ2) is 8.56. The summed E-state index contributed by atoms with van der Waals surface area (Å²) in [6.45, 7) is 0. The van der Waals surface area contributed by atoms with Gasteiger partial charge >= 0.3 is 5.69 Å². The largest absolute Gasteiger partial charge is 0.355 e. The molecule has 9 nitrogen and oxygen atoms in total. The average molecular weight is 465 g/mol. The first-order valence-corrected chi connectivity index (χ1v) is 8.68. The number of amides is 1. The van der Waals surface area contributed by atoms with Crippen LogP contribution in [0.25, 0.3) is 0 Å². The minimum Gasteiger partial charge on any atom is -0.332 e. The zero-order valence-corrected chi connectivity index (χ0v) is 15.9. The van der Waals surface area contributed by atoms with Crippen LogP contribution in [0.5, 0.6) is 0 Å². The lowest BCUT2D eigenvalue weighted by Gasteiger charge is -2.11. The van der Waals surface area contributed by atoms with Crippen LogP contribution in [0, 0.1) is 21.7 Å². The summed E-state index contributed by atoms with van der Waals surface area (Å²) in [5, 5.41) is 13.9. The van der Waals surface area contributed by atoms with E-state index in [4.69, 9.17) is 0 Å². The number of carbonyl (C=O) groups excluding carboxylic acids is 1. The molecule has 0 atom stereocenters. The molecule has 148 valence electrons. The minimum absolute atomic E-state index is 0.224. The highest BCUT2D eigenvalue weighted by atomic mass is 79.9. The maximum absolute atomic E-state index is 13.8. The topological polar surface area (TPSA) is 122 Å². The fourth-order valence-electron chi connectivity index (χ4n) is 2.24. The number of hydrogen-bond acceptors (Lipinski definition) is 7. The Labute approximate surface area is 170 Å². The predicted molar refractivity (Wildman–Crippen MR) is 104 cm³/mol. The molecule has 1 aromatic heterocycles. The summed E-state index contributed by atoms with van der Waals surface area (Å²) in [5.74, 6) is -3.01. The lowest BCUT2D eigenvalue weighted by molar-refractivity contribution is -0.383. The molecule has 0 saturated carbocycles. The van der Waals surface area contributed by atoms with Crippen LogP contribution in [0.1, 0.15) is 10.4 Å². The van der Waals surface area contributed by atoms with Crippen LogP contribution in [0.2, 0.25) is 0 Å². The SMILES string of the molecule is O=C(NNc1ncnc(Nc2ccc(F)cc2F)c1[N+](=O)[O-])c1ccc(Br)cc1. The number of aromatic nitrogens is 2. The molecule has 29 heavy (non-hydrogen) atoms. The van der Waals surface area contributed by atoms with Crippen molar-refractivity contribution in [1.29, 1.82) is 0 Å². The summed E-state index contributed by atoms with van der Waals surface area (Å²) in [7, 11) is 0. The maximum Gasteiger partial charge on any atom is 0.355 e. The number of benzene rings is 2. The number of halogens is 3. The number of hydrazine groups is 1. The molecule has 3 rings (SSSR count). The number of rotatable bonds is 6. The van der Waals surface area contributed by atoms with Crippen molar-refractivity contribution in [2.45, 2.75) is 0 Å². The lowest BCUT2D eigenvalue weighted by atomic mass is 10.2. The molecule has 0 bridgehead atoms. The van der Waals surface area contributed by atoms with Gasteiger partial charge in [0, 0.05) is 16.1 Å². The van der Waals surface area contributed by atoms with E-state index in [9.17, 15) is 23.7 Å². The molecule has 2 aromatic carbocycles. The van der Waals surface area contributed by atoms with E-state index in [1.54, 1.807) is 24.3 Å². The molecule has 0 unspecified atom stereocenters. The van der Waals surface area contributed by atoms with E-state index < -0.39 is 28.2 Å². The first-order valence-electron chi connectivity index (χ1n) is 7.88. The molecule has 1 heterocycles. The Bertz CT molecular complexity index is 1080. The number of nitrogens with one attached hydrogen (secondary N) is 3. The van der Waals surface area contributed by atoms with E-state index >= 15 is 0 Å². The summed E-state index contributed by atoms with van der Waals surface area (Å²) >= 11 is 3.25. The third-order valence-corrected chi connectivity index (χ3v) is 4.12. The van der Waals surface area contributed by atoms with Crippen molar-refractivity contribution in [3.05, 3.63) is 80.6 Å². The Hall–Kier alpha value is -3.67. The van der Waals surface area contributed by atoms with Crippen molar-refractivity contribution < 1.29 is 18.5 Å². The van der Waals surface area contributed by atoms with Gasteiger partial charge in [0.25, 0.3) is 5.91 Å². The Morgan fingerprint density at radius 3 is 2.41 bits per heavy atom. The maximum atomic E-state index is 13.8. The minimum atomic E-state index is -0.962. The van der Waals surface area contributed by atoms with Gasteiger partial charge in [0.2, 0.25) is 11.6 Å². The van der Waals surface area contributed by atoms with Crippen LogP contribution in [0.4, 0.5) is 31.8 Å². The number of nitro groups is 1. The lowest BCUT2D eigenvalue weighted by Crippen LogP contribution is -2.30. The molecule has 0 aliphatic heterocycles. The fourth-order valence-corrected chi connectivity index (χ4v) is 2.51. The van der Waals surface area contributed by atoms with Gasteiger partial charge in [-0.15, -0.1) is 0 Å². The van der Waals surface area contributed by atoms with Gasteiger partial charge in [-0.1, -0.05) is 15.9 Å². The molecular formula is C17H11BrF2N6O3. The van der Waals surface area contributed by atoms with Gasteiger partial charge in [0.15, 0.2) is 0 Å². The first kappa shape index (κ1) is 20.1. The third-order valence-electron chi connectivity index (χ3n) is 3.59. The van der Waals surface area contributed by atoms with Crippen LogP contribution >= 0.6 is 15.9 Å². The van der Waals surface area contributed by atoms with E-state index in [0.29, 0.717) is 11.6 Å². The molecule has 0 fully saturated rings. The van der Waals surface area contributed by atoms with Crippen molar-refractivity contribution in [1.82, 2.24) is 15.4 Å². The van der Waals surface area contributed by atoms with Gasteiger partial charge in [0.1, 0.15) is 18.0 Å². The molecule has 0 aliphatic rings. The standard InChI is InChI=1S/C17H11BrF2N6O3/c18-10-3-1-9(2-4-10)17(27)25-24-16-14(26(28)29)15(21-8-22-16)23-13-6-5-11(19)7-12(13)20/h1-8H,(H,25,27)(H2,21,22,23,24). The first-order chi connectivity index (χ1) is 13.8. The summed E-state index contributed by atoms with van der Waals surface area (Å²) < 4.78 is 27.7. The summed E-state index contributed by atoms with van der Waals surface area (Å²) in [6, 6.07) is 9.06. The summed E-state index contributed by atoms with van der Waals surface area (Å²) in [6.07, 6.45) is 0.977. The molecule has 0 radical (unpaired) electrons. The zero-order valence-electron chi connectivity index (χ0n) is 14.3. The molecule has 0 aliphatic carbocycles. The van der Waals surface area contributed by atoms with E-state index in [0.717, 1.165) is 22.9 Å². The monoisotopic (exact) mass is 464 g/mol. The van der Waals surface area contributed by atoms with Gasteiger partial charge in [-0.2, -0.15) is 0 Å². The fraction of sp³-hybridized carbons (Fsp3) is 0.